The number of benzene rings is 2. The maximum Gasteiger partial charge on any atom is 0.260 e. The molecule has 7 nitrogen and oxygen atoms in total. The number of carbonyl (C=O) groups excluding carboxylic acids is 1. The zero-order valence-electron chi connectivity index (χ0n) is 19.8. The first-order valence-electron chi connectivity index (χ1n) is 11.7. The number of nitrogens with zero attached hydrogens (tertiary/aromatic N) is 4. The van der Waals surface area contributed by atoms with Crippen LogP contribution in [0.5, 0.6) is 11.5 Å². The van der Waals surface area contributed by atoms with Crippen molar-refractivity contribution < 1.29 is 14.3 Å². The number of anilines is 2. The molecule has 33 heavy (non-hydrogen) atoms. The first-order valence-corrected chi connectivity index (χ1v) is 12.5. The number of thiazole rings is 1. The van der Waals surface area contributed by atoms with Crippen LogP contribution in [0.1, 0.15) is 38.1 Å². The van der Waals surface area contributed by atoms with Gasteiger partial charge in [0.05, 0.1) is 10.2 Å². The fourth-order valence-corrected chi connectivity index (χ4v) is 5.05. The quantitative estimate of drug-likeness (QED) is 0.424. The molecule has 0 fully saturated rings. The third-order valence-corrected chi connectivity index (χ3v) is 7.17. The Morgan fingerprint density at radius 3 is 2.24 bits per heavy atom. The number of hydrogen-bond acceptors (Lipinski definition) is 7. The van der Waals surface area contributed by atoms with Crippen molar-refractivity contribution in [1.82, 2.24) is 9.88 Å². The Bertz CT molecular complexity index is 1050. The van der Waals surface area contributed by atoms with E-state index >= 15 is 0 Å². The molecular weight excluding hydrogens is 436 g/mol. The highest BCUT2D eigenvalue weighted by atomic mass is 32.1. The van der Waals surface area contributed by atoms with Gasteiger partial charge in [0.25, 0.3) is 5.91 Å². The number of hydrogen-bond donors (Lipinski definition) is 0. The van der Waals surface area contributed by atoms with E-state index in [1.807, 2.05) is 41.3 Å². The van der Waals surface area contributed by atoms with Gasteiger partial charge in [-0.15, -0.1) is 0 Å². The second kappa shape index (κ2) is 10.4. The second-order valence-corrected chi connectivity index (χ2v) is 8.88. The minimum absolute atomic E-state index is 0.0349. The molecule has 176 valence electrons. The SMILES string of the molecule is CCN(CC)CCN(C(=O)c1ccc(N(CC)CC)cc1)c1nc2cc3c(cc2s1)OCO3. The van der Waals surface area contributed by atoms with Gasteiger partial charge < -0.3 is 19.3 Å². The summed E-state index contributed by atoms with van der Waals surface area (Å²) >= 11 is 1.51. The normalized spacial score (nSPS) is 12.5. The number of aromatic nitrogens is 1. The van der Waals surface area contributed by atoms with Crippen LogP contribution in [-0.2, 0) is 0 Å². The summed E-state index contributed by atoms with van der Waals surface area (Å²) in [7, 11) is 0. The average Bonchev–Trinajstić information content (AvgIpc) is 3.47. The van der Waals surface area contributed by atoms with Crippen LogP contribution in [0.2, 0.25) is 0 Å². The molecule has 1 aliphatic heterocycles. The monoisotopic (exact) mass is 468 g/mol. The Morgan fingerprint density at radius 2 is 1.61 bits per heavy atom. The Labute approximate surface area is 199 Å². The molecule has 0 atom stereocenters. The lowest BCUT2D eigenvalue weighted by Crippen LogP contribution is -2.38. The van der Waals surface area contributed by atoms with Gasteiger partial charge >= 0.3 is 0 Å². The molecule has 4 rings (SSSR count). The predicted molar refractivity (Wildman–Crippen MR) is 135 cm³/mol. The smallest absolute Gasteiger partial charge is 0.260 e. The van der Waals surface area contributed by atoms with Gasteiger partial charge in [0.2, 0.25) is 6.79 Å². The Balaban J connectivity index is 1.64. The van der Waals surface area contributed by atoms with Crippen LogP contribution in [0.4, 0.5) is 10.8 Å². The maximum absolute atomic E-state index is 13.6. The predicted octanol–water partition coefficient (Wildman–Crippen LogP) is 4.86. The highest BCUT2D eigenvalue weighted by Gasteiger charge is 2.24. The van der Waals surface area contributed by atoms with Gasteiger partial charge in [0.15, 0.2) is 16.6 Å². The summed E-state index contributed by atoms with van der Waals surface area (Å²) in [5.41, 5.74) is 2.61. The van der Waals surface area contributed by atoms with E-state index in [0.29, 0.717) is 23.0 Å². The summed E-state index contributed by atoms with van der Waals surface area (Å²) in [5.74, 6) is 1.39. The van der Waals surface area contributed by atoms with Crippen molar-refractivity contribution in [1.29, 1.82) is 0 Å². The summed E-state index contributed by atoms with van der Waals surface area (Å²) in [6.07, 6.45) is 0. The number of rotatable bonds is 10. The molecule has 0 saturated carbocycles. The average molecular weight is 469 g/mol. The zero-order valence-corrected chi connectivity index (χ0v) is 20.7. The molecule has 0 aliphatic carbocycles. The summed E-state index contributed by atoms with van der Waals surface area (Å²) < 4.78 is 12.0. The van der Waals surface area contributed by atoms with E-state index in [0.717, 1.165) is 54.4 Å². The van der Waals surface area contributed by atoms with Crippen LogP contribution in [-0.4, -0.2) is 61.9 Å². The Morgan fingerprint density at radius 1 is 0.939 bits per heavy atom. The van der Waals surface area contributed by atoms with E-state index in [4.69, 9.17) is 14.5 Å². The van der Waals surface area contributed by atoms with Crippen LogP contribution < -0.4 is 19.3 Å². The topological polar surface area (TPSA) is 58.1 Å². The minimum atomic E-state index is -0.0349. The van der Waals surface area contributed by atoms with Crippen molar-refractivity contribution in [2.45, 2.75) is 27.7 Å². The molecule has 0 bridgehead atoms. The van der Waals surface area contributed by atoms with Crippen LogP contribution in [0.25, 0.3) is 10.2 Å². The molecule has 0 saturated heterocycles. The lowest BCUT2D eigenvalue weighted by molar-refractivity contribution is 0.0984. The molecule has 2 heterocycles. The van der Waals surface area contributed by atoms with Crippen LogP contribution in [0, 0.1) is 0 Å². The lowest BCUT2D eigenvalue weighted by Gasteiger charge is -2.25. The molecule has 2 aromatic carbocycles. The van der Waals surface area contributed by atoms with Gasteiger partial charge in [-0.2, -0.15) is 0 Å². The first kappa shape index (κ1) is 23.3. The van der Waals surface area contributed by atoms with E-state index in [1.165, 1.54) is 11.3 Å². The molecule has 0 unspecified atom stereocenters. The standard InChI is InChI=1S/C25H32N4O3S/c1-5-27(6-2)13-14-29(24(30)18-9-11-19(12-10-18)28(7-3)8-4)25-26-20-15-21-22(32-17-31-21)16-23(20)33-25/h9-12,15-16H,5-8,13-14,17H2,1-4H3. The van der Waals surface area contributed by atoms with Crippen LogP contribution in [0.15, 0.2) is 36.4 Å². The lowest BCUT2D eigenvalue weighted by atomic mass is 10.1. The van der Waals surface area contributed by atoms with Gasteiger partial charge in [-0.25, -0.2) is 4.98 Å². The molecule has 0 radical (unpaired) electrons. The van der Waals surface area contributed by atoms with Gasteiger partial charge in [0, 0.05) is 49.6 Å². The van der Waals surface area contributed by atoms with E-state index in [9.17, 15) is 4.79 Å². The Kier molecular flexibility index (Phi) is 7.35. The summed E-state index contributed by atoms with van der Waals surface area (Å²) in [4.78, 5) is 24.8. The molecule has 0 spiro atoms. The molecule has 1 amide bonds. The third kappa shape index (κ3) is 4.91. The number of ether oxygens (including phenoxy) is 2. The highest BCUT2D eigenvalue weighted by molar-refractivity contribution is 7.22. The van der Waals surface area contributed by atoms with Gasteiger partial charge in [-0.1, -0.05) is 25.2 Å². The largest absolute Gasteiger partial charge is 0.454 e. The van der Waals surface area contributed by atoms with E-state index in [2.05, 4.69) is 37.5 Å². The molecular formula is C25H32N4O3S. The van der Waals surface area contributed by atoms with Crippen LogP contribution >= 0.6 is 11.3 Å². The highest BCUT2D eigenvalue weighted by Crippen LogP contribution is 2.40. The third-order valence-electron chi connectivity index (χ3n) is 6.12. The van der Waals surface area contributed by atoms with E-state index in [-0.39, 0.29) is 12.7 Å². The van der Waals surface area contributed by atoms with Gasteiger partial charge in [0.1, 0.15) is 0 Å². The minimum Gasteiger partial charge on any atom is -0.454 e. The fourth-order valence-electron chi connectivity index (χ4n) is 4.05. The fraction of sp³-hybridized carbons (Fsp3) is 0.440. The summed E-state index contributed by atoms with van der Waals surface area (Å²) in [6, 6.07) is 11.7. The molecule has 3 aromatic rings. The van der Waals surface area contributed by atoms with Crippen molar-refractivity contribution >= 4 is 38.3 Å². The van der Waals surface area contributed by atoms with E-state index < -0.39 is 0 Å². The number of fused-ring (bicyclic) bond motifs is 2. The van der Waals surface area contributed by atoms with Gasteiger partial charge in [-0.05, 0) is 51.2 Å². The first-order chi connectivity index (χ1) is 16.1. The molecule has 8 heteroatoms. The molecule has 0 N–H and O–H groups in total. The van der Waals surface area contributed by atoms with Crippen LogP contribution in [0.3, 0.4) is 0 Å². The second-order valence-electron chi connectivity index (χ2n) is 7.87. The van der Waals surface area contributed by atoms with Crippen molar-refractivity contribution in [2.75, 3.05) is 55.9 Å². The van der Waals surface area contributed by atoms with Crippen molar-refractivity contribution in [3.63, 3.8) is 0 Å². The summed E-state index contributed by atoms with van der Waals surface area (Å²) in [6.45, 7) is 13.9. The number of likely N-dealkylation sites (N-methyl/N-ethyl adjacent to an activating group) is 1. The summed E-state index contributed by atoms with van der Waals surface area (Å²) in [5, 5.41) is 0.693. The Hall–Kier alpha value is -2.84. The van der Waals surface area contributed by atoms with E-state index in [1.54, 1.807) is 0 Å². The maximum atomic E-state index is 13.6. The van der Waals surface area contributed by atoms with Crippen molar-refractivity contribution in [3.8, 4) is 11.5 Å². The zero-order chi connectivity index (χ0) is 23.4. The van der Waals surface area contributed by atoms with Crippen molar-refractivity contribution in [2.24, 2.45) is 0 Å². The molecule has 1 aliphatic rings. The molecule has 1 aromatic heterocycles. The number of amides is 1. The number of carbonyl (C=O) groups is 1. The van der Waals surface area contributed by atoms with Crippen molar-refractivity contribution in [3.05, 3.63) is 42.0 Å². The van der Waals surface area contributed by atoms with Gasteiger partial charge in [-0.3, -0.25) is 9.69 Å².